The van der Waals surface area contributed by atoms with Crippen LogP contribution in [0.25, 0.3) is 0 Å². The molecular formula is C13H14F3N3S. The van der Waals surface area contributed by atoms with E-state index in [1.54, 1.807) is 6.20 Å². The number of imidazole rings is 1. The van der Waals surface area contributed by atoms with Crippen molar-refractivity contribution in [1.29, 1.82) is 0 Å². The summed E-state index contributed by atoms with van der Waals surface area (Å²) in [6.07, 6.45) is -0.803. The van der Waals surface area contributed by atoms with Gasteiger partial charge in [-0.05, 0) is 17.7 Å². The number of hydrogen-bond acceptors (Lipinski definition) is 3. The topological polar surface area (TPSA) is 43.8 Å². The Morgan fingerprint density at radius 3 is 2.45 bits per heavy atom. The predicted molar refractivity (Wildman–Crippen MR) is 72.3 cm³/mol. The van der Waals surface area contributed by atoms with Crippen LogP contribution in [0.5, 0.6) is 0 Å². The molecule has 2 rings (SSSR count). The molecule has 0 spiro atoms. The number of aromatic nitrogens is 2. The molecule has 0 aliphatic heterocycles. The Morgan fingerprint density at radius 2 is 1.95 bits per heavy atom. The second kappa shape index (κ2) is 5.88. The summed E-state index contributed by atoms with van der Waals surface area (Å²) in [4.78, 5) is 4.15. The van der Waals surface area contributed by atoms with E-state index in [-0.39, 0.29) is 6.04 Å². The van der Waals surface area contributed by atoms with E-state index in [1.165, 1.54) is 23.9 Å². The summed E-state index contributed by atoms with van der Waals surface area (Å²) in [5.41, 5.74) is 6.00. The minimum absolute atomic E-state index is 0.334. The van der Waals surface area contributed by atoms with E-state index in [0.717, 1.165) is 17.3 Å². The van der Waals surface area contributed by atoms with Crippen molar-refractivity contribution in [2.75, 3.05) is 5.75 Å². The Bertz CT molecular complexity index is 563. The van der Waals surface area contributed by atoms with Crippen LogP contribution in [0, 0.1) is 0 Å². The fourth-order valence-electron chi connectivity index (χ4n) is 1.67. The van der Waals surface area contributed by atoms with Crippen molar-refractivity contribution in [3.63, 3.8) is 0 Å². The van der Waals surface area contributed by atoms with Gasteiger partial charge in [-0.15, -0.1) is 0 Å². The first-order valence-electron chi connectivity index (χ1n) is 5.91. The van der Waals surface area contributed by atoms with Gasteiger partial charge in [0.15, 0.2) is 5.16 Å². The molecule has 1 atom stereocenters. The Labute approximate surface area is 119 Å². The molecule has 0 amide bonds. The van der Waals surface area contributed by atoms with Crippen LogP contribution < -0.4 is 5.73 Å². The molecule has 0 bridgehead atoms. The van der Waals surface area contributed by atoms with Gasteiger partial charge in [0, 0.05) is 31.2 Å². The maximum Gasteiger partial charge on any atom is 0.416 e. The Hall–Kier alpha value is -1.47. The van der Waals surface area contributed by atoms with Gasteiger partial charge in [-0.1, -0.05) is 23.9 Å². The average Bonchev–Trinajstić information content (AvgIpc) is 2.81. The van der Waals surface area contributed by atoms with Gasteiger partial charge in [0.05, 0.1) is 5.56 Å². The largest absolute Gasteiger partial charge is 0.416 e. The summed E-state index contributed by atoms with van der Waals surface area (Å²) in [5, 5.41) is 0.826. The fourth-order valence-corrected chi connectivity index (χ4v) is 2.59. The molecule has 1 heterocycles. The number of rotatable bonds is 4. The molecule has 108 valence electrons. The van der Waals surface area contributed by atoms with E-state index < -0.39 is 11.7 Å². The number of nitrogens with two attached hydrogens (primary N) is 1. The minimum Gasteiger partial charge on any atom is -0.329 e. The Kier molecular flexibility index (Phi) is 4.39. The average molecular weight is 301 g/mol. The third-order valence-electron chi connectivity index (χ3n) is 2.84. The zero-order valence-electron chi connectivity index (χ0n) is 10.8. The predicted octanol–water partition coefficient (Wildman–Crippen LogP) is 3.23. The molecule has 1 aromatic carbocycles. The van der Waals surface area contributed by atoms with Crippen LogP contribution in [-0.2, 0) is 13.2 Å². The molecule has 1 aromatic heterocycles. The Morgan fingerprint density at radius 1 is 1.30 bits per heavy atom. The first kappa shape index (κ1) is 14.9. The zero-order chi connectivity index (χ0) is 14.8. The lowest BCUT2D eigenvalue weighted by molar-refractivity contribution is -0.137. The minimum atomic E-state index is -4.32. The van der Waals surface area contributed by atoms with Gasteiger partial charge in [0.2, 0.25) is 0 Å². The van der Waals surface area contributed by atoms with Crippen LogP contribution in [0.3, 0.4) is 0 Å². The van der Waals surface area contributed by atoms with Crippen molar-refractivity contribution >= 4 is 11.8 Å². The molecule has 0 radical (unpaired) electrons. The van der Waals surface area contributed by atoms with E-state index in [1.807, 2.05) is 17.8 Å². The summed E-state index contributed by atoms with van der Waals surface area (Å²) in [7, 11) is 1.87. The van der Waals surface area contributed by atoms with Gasteiger partial charge in [0.25, 0.3) is 0 Å². The number of halogens is 3. The van der Waals surface area contributed by atoms with Crippen molar-refractivity contribution in [2.24, 2.45) is 12.8 Å². The van der Waals surface area contributed by atoms with Crippen molar-refractivity contribution in [2.45, 2.75) is 17.4 Å². The van der Waals surface area contributed by atoms with Crippen molar-refractivity contribution in [1.82, 2.24) is 9.55 Å². The quantitative estimate of drug-likeness (QED) is 0.882. The standard InChI is InChI=1S/C13H14F3N3S/c1-19-7-6-18-12(19)20-8-11(17)9-2-4-10(5-3-9)13(14,15)16/h2-7,11H,8,17H2,1H3. The maximum atomic E-state index is 12.5. The first-order valence-corrected chi connectivity index (χ1v) is 6.89. The molecule has 3 nitrogen and oxygen atoms in total. The smallest absolute Gasteiger partial charge is 0.329 e. The van der Waals surface area contributed by atoms with Gasteiger partial charge in [-0.25, -0.2) is 4.98 Å². The highest BCUT2D eigenvalue weighted by molar-refractivity contribution is 7.99. The van der Waals surface area contributed by atoms with Crippen LogP contribution >= 0.6 is 11.8 Å². The highest BCUT2D eigenvalue weighted by atomic mass is 32.2. The molecule has 0 saturated carbocycles. The summed E-state index contributed by atoms with van der Waals surface area (Å²) in [6, 6.07) is 4.62. The fraction of sp³-hybridized carbons (Fsp3) is 0.308. The van der Waals surface area contributed by atoms with Gasteiger partial charge >= 0.3 is 6.18 Å². The SMILES string of the molecule is Cn1ccnc1SCC(N)c1ccc(C(F)(F)F)cc1. The summed E-state index contributed by atoms with van der Waals surface area (Å²) in [6.45, 7) is 0. The monoisotopic (exact) mass is 301 g/mol. The number of alkyl halides is 3. The van der Waals surface area contributed by atoms with E-state index in [4.69, 9.17) is 5.73 Å². The molecule has 0 fully saturated rings. The van der Waals surface area contributed by atoms with Crippen molar-refractivity contribution < 1.29 is 13.2 Å². The highest BCUT2D eigenvalue weighted by Crippen LogP contribution is 2.30. The molecule has 1 unspecified atom stereocenters. The molecular weight excluding hydrogens is 287 g/mol. The number of benzene rings is 1. The molecule has 0 aliphatic rings. The van der Waals surface area contributed by atoms with Crippen molar-refractivity contribution in [3.05, 3.63) is 47.8 Å². The second-order valence-corrected chi connectivity index (χ2v) is 5.35. The van der Waals surface area contributed by atoms with Crippen LogP contribution in [0.2, 0.25) is 0 Å². The number of nitrogens with zero attached hydrogens (tertiary/aromatic N) is 2. The summed E-state index contributed by atoms with van der Waals surface area (Å²) >= 11 is 1.47. The van der Waals surface area contributed by atoms with Crippen LogP contribution in [0.4, 0.5) is 13.2 Å². The third-order valence-corrected chi connectivity index (χ3v) is 4.01. The number of hydrogen-bond donors (Lipinski definition) is 1. The van der Waals surface area contributed by atoms with Gasteiger partial charge < -0.3 is 10.3 Å². The van der Waals surface area contributed by atoms with E-state index >= 15 is 0 Å². The molecule has 2 N–H and O–H groups in total. The maximum absolute atomic E-state index is 12.5. The molecule has 0 saturated heterocycles. The van der Waals surface area contributed by atoms with E-state index in [0.29, 0.717) is 11.3 Å². The van der Waals surface area contributed by atoms with Gasteiger partial charge in [-0.2, -0.15) is 13.2 Å². The highest BCUT2D eigenvalue weighted by Gasteiger charge is 2.30. The molecule has 0 aliphatic carbocycles. The van der Waals surface area contributed by atoms with Crippen LogP contribution in [0.1, 0.15) is 17.2 Å². The lowest BCUT2D eigenvalue weighted by atomic mass is 10.1. The van der Waals surface area contributed by atoms with E-state index in [9.17, 15) is 13.2 Å². The third kappa shape index (κ3) is 3.55. The van der Waals surface area contributed by atoms with Gasteiger partial charge in [0.1, 0.15) is 0 Å². The van der Waals surface area contributed by atoms with Crippen molar-refractivity contribution in [3.8, 4) is 0 Å². The number of aryl methyl sites for hydroxylation is 1. The van der Waals surface area contributed by atoms with Gasteiger partial charge in [-0.3, -0.25) is 0 Å². The lowest BCUT2D eigenvalue weighted by Gasteiger charge is -2.13. The lowest BCUT2D eigenvalue weighted by Crippen LogP contribution is -2.14. The first-order chi connectivity index (χ1) is 9.38. The Balaban J connectivity index is 1.99. The molecule has 2 aromatic rings. The normalized spacial score (nSPS) is 13.4. The summed E-state index contributed by atoms with van der Waals surface area (Å²) in [5.74, 6) is 0.552. The summed E-state index contributed by atoms with van der Waals surface area (Å²) < 4.78 is 39.2. The second-order valence-electron chi connectivity index (χ2n) is 4.36. The zero-order valence-corrected chi connectivity index (χ0v) is 11.6. The molecule has 7 heteroatoms. The van der Waals surface area contributed by atoms with Crippen LogP contribution in [-0.4, -0.2) is 15.3 Å². The number of thioether (sulfide) groups is 1. The van der Waals surface area contributed by atoms with E-state index in [2.05, 4.69) is 4.98 Å². The molecule has 20 heavy (non-hydrogen) atoms. The van der Waals surface area contributed by atoms with Crippen LogP contribution in [0.15, 0.2) is 41.8 Å².